The quantitative estimate of drug-likeness (QED) is 0.114. The second-order valence-electron chi connectivity index (χ2n) is 8.64. The van der Waals surface area contributed by atoms with Crippen LogP contribution in [0.2, 0.25) is 0 Å². The average molecular weight is 544 g/mol. The summed E-state index contributed by atoms with van der Waals surface area (Å²) in [5.74, 6) is 1.07. The summed E-state index contributed by atoms with van der Waals surface area (Å²) in [5, 5.41) is 13.7. The number of ether oxygens (including phenoxy) is 2. The summed E-state index contributed by atoms with van der Waals surface area (Å²) in [4.78, 5) is 23.2. The van der Waals surface area contributed by atoms with Crippen molar-refractivity contribution in [2.24, 2.45) is 0 Å². The number of hydrogen-bond donors (Lipinski definition) is 0. The number of thioether (sulfide) groups is 1. The summed E-state index contributed by atoms with van der Waals surface area (Å²) in [6.07, 6.45) is 0. The topological polar surface area (TPSA) is 88.5 Å². The van der Waals surface area contributed by atoms with Gasteiger partial charge in [-0.1, -0.05) is 35.2 Å². The highest BCUT2D eigenvalue weighted by atomic mass is 32.2. The fourth-order valence-electron chi connectivity index (χ4n) is 4.13. The van der Waals surface area contributed by atoms with E-state index in [4.69, 9.17) is 9.47 Å². The number of Topliss-reactive ketones (excluding diaryl/α,β-unsaturated/α-hetero) is 1. The molecule has 3 aromatic heterocycles. The summed E-state index contributed by atoms with van der Waals surface area (Å²) in [7, 11) is 3.25. The predicted octanol–water partition coefficient (Wildman–Crippen LogP) is 5.29. The lowest BCUT2D eigenvalue weighted by atomic mass is 10.1. The molecule has 9 heteroatoms. The van der Waals surface area contributed by atoms with Gasteiger partial charge in [-0.3, -0.25) is 4.79 Å². The van der Waals surface area contributed by atoms with E-state index in [2.05, 4.69) is 9.97 Å². The number of hydrogen-bond acceptors (Lipinski definition) is 8. The van der Waals surface area contributed by atoms with Crippen molar-refractivity contribution < 1.29 is 23.8 Å². The Kier molecular flexibility index (Phi) is 7.31. The van der Waals surface area contributed by atoms with E-state index in [9.17, 15) is 9.90 Å². The normalized spacial score (nSPS) is 11.1. The van der Waals surface area contributed by atoms with Crippen molar-refractivity contribution in [3.05, 3.63) is 83.0 Å². The zero-order valence-corrected chi connectivity index (χ0v) is 23.0. The van der Waals surface area contributed by atoms with Crippen molar-refractivity contribution >= 4 is 33.7 Å². The Morgan fingerprint density at radius 2 is 1.53 bits per heavy atom. The Morgan fingerprint density at radius 1 is 0.895 bits per heavy atom. The Bertz CT molecular complexity index is 1630. The molecule has 0 N–H and O–H groups in total. The zero-order valence-electron chi connectivity index (χ0n) is 21.3. The molecule has 0 bridgehead atoms. The number of benzene rings is 2. The van der Waals surface area contributed by atoms with E-state index in [0.29, 0.717) is 5.16 Å². The number of thiazole rings is 1. The Hall–Kier alpha value is -3.95. The molecule has 2 aromatic carbocycles. The van der Waals surface area contributed by atoms with Gasteiger partial charge < -0.3 is 14.6 Å². The minimum atomic E-state index is -0.293. The predicted molar refractivity (Wildman–Crippen MR) is 147 cm³/mol. The molecule has 0 unspecified atom stereocenters. The van der Waals surface area contributed by atoms with Crippen LogP contribution in [0.1, 0.15) is 21.1 Å². The summed E-state index contributed by atoms with van der Waals surface area (Å²) >= 11 is 2.45. The third-order valence-corrected chi connectivity index (χ3v) is 8.01. The summed E-state index contributed by atoms with van der Waals surface area (Å²) in [6.45, 7) is 3.76. The monoisotopic (exact) mass is 543 g/mol. The standard InChI is InChI=1S/C29H25N3O4S2/c1-17-13-24(20-7-11-23(36-4)12-8-20)31-29(30-17)37-16-25(33)27-28(34)32-18(2)14-21(15-26(32)38-27)19-5-9-22(35-3)10-6-19/h5-15H,16H2,1-4H3. The molecule has 0 aliphatic rings. The Balaban J connectivity index is 1.38. The second kappa shape index (κ2) is 10.8. The van der Waals surface area contributed by atoms with Crippen molar-refractivity contribution in [1.82, 2.24) is 9.97 Å². The molecule has 0 spiro atoms. The van der Waals surface area contributed by atoms with E-state index in [1.807, 2.05) is 80.6 Å². The fraction of sp³-hybridized carbons (Fsp3) is 0.172. The highest BCUT2D eigenvalue weighted by Gasteiger charge is 2.23. The van der Waals surface area contributed by atoms with E-state index in [0.717, 1.165) is 50.1 Å². The number of nitrogens with zero attached hydrogens (tertiary/aromatic N) is 3. The SMILES string of the molecule is COc1ccc(-c2cc(C)[n+]3c([O-])c(C(=O)CSc4nc(C)cc(-c5ccc(OC)cc5)n4)sc3c2)cc1. The number of ketones is 1. The van der Waals surface area contributed by atoms with Gasteiger partial charge in [0.15, 0.2) is 22.5 Å². The van der Waals surface area contributed by atoms with E-state index in [1.165, 1.54) is 23.1 Å². The van der Waals surface area contributed by atoms with Crippen LogP contribution in [0, 0.1) is 13.8 Å². The minimum absolute atomic E-state index is 0.0680. The molecular formula is C29H25N3O4S2. The number of rotatable bonds is 8. The molecule has 0 saturated heterocycles. The summed E-state index contributed by atoms with van der Waals surface area (Å²) < 4.78 is 12.1. The molecule has 0 aliphatic heterocycles. The lowest BCUT2D eigenvalue weighted by Crippen LogP contribution is -2.28. The van der Waals surface area contributed by atoms with Crippen LogP contribution in [0.5, 0.6) is 17.4 Å². The molecule has 192 valence electrons. The first-order valence-electron chi connectivity index (χ1n) is 11.8. The van der Waals surface area contributed by atoms with Crippen molar-refractivity contribution in [2.45, 2.75) is 19.0 Å². The smallest absolute Gasteiger partial charge is 0.268 e. The number of aromatic nitrogens is 3. The fourth-order valence-corrected chi connectivity index (χ4v) is 6.07. The molecule has 7 nitrogen and oxygen atoms in total. The van der Waals surface area contributed by atoms with E-state index in [-0.39, 0.29) is 22.3 Å². The molecule has 0 aliphatic carbocycles. The average Bonchev–Trinajstić information content (AvgIpc) is 3.28. The van der Waals surface area contributed by atoms with Crippen LogP contribution < -0.4 is 19.0 Å². The molecule has 0 fully saturated rings. The van der Waals surface area contributed by atoms with Crippen LogP contribution in [0.25, 0.3) is 27.2 Å². The number of pyridine rings is 1. The molecule has 0 radical (unpaired) electrons. The van der Waals surface area contributed by atoms with Crippen LogP contribution in [0.15, 0.2) is 71.9 Å². The largest absolute Gasteiger partial charge is 0.822 e. The van der Waals surface area contributed by atoms with Crippen LogP contribution in [0.4, 0.5) is 0 Å². The van der Waals surface area contributed by atoms with Gasteiger partial charge in [0, 0.05) is 30.3 Å². The van der Waals surface area contributed by atoms with Crippen LogP contribution in [0.3, 0.4) is 0 Å². The Labute approximate surface area is 228 Å². The van der Waals surface area contributed by atoms with Crippen molar-refractivity contribution in [3.8, 4) is 39.8 Å². The van der Waals surface area contributed by atoms with Crippen LogP contribution >= 0.6 is 23.1 Å². The van der Waals surface area contributed by atoms with Gasteiger partial charge in [-0.25, -0.2) is 9.97 Å². The Morgan fingerprint density at radius 3 is 2.16 bits per heavy atom. The second-order valence-corrected chi connectivity index (χ2v) is 10.6. The van der Waals surface area contributed by atoms with Crippen molar-refractivity contribution in [3.63, 3.8) is 0 Å². The number of carbonyl (C=O) groups excluding carboxylic acids is 1. The highest BCUT2D eigenvalue weighted by molar-refractivity contribution is 7.99. The number of methoxy groups -OCH3 is 2. The van der Waals surface area contributed by atoms with Crippen LogP contribution in [-0.4, -0.2) is 35.7 Å². The maximum absolute atomic E-state index is 13.2. The summed E-state index contributed by atoms with van der Waals surface area (Å²) in [5.41, 5.74) is 5.23. The van der Waals surface area contributed by atoms with Gasteiger partial charge in [-0.05, 0) is 60.5 Å². The molecule has 0 amide bonds. The number of aryl methyl sites for hydroxylation is 2. The van der Waals surface area contributed by atoms with Crippen molar-refractivity contribution in [2.75, 3.05) is 20.0 Å². The van der Waals surface area contributed by atoms with Gasteiger partial charge in [0.25, 0.3) is 4.83 Å². The number of fused-ring (bicyclic) bond motifs is 1. The first-order valence-corrected chi connectivity index (χ1v) is 13.6. The lowest BCUT2D eigenvalue weighted by Gasteiger charge is -2.07. The minimum Gasteiger partial charge on any atom is -0.822 e. The van der Waals surface area contributed by atoms with Crippen molar-refractivity contribution in [1.29, 1.82) is 0 Å². The molecule has 5 rings (SSSR count). The van der Waals surface area contributed by atoms with Gasteiger partial charge in [-0.15, -0.1) is 0 Å². The molecule has 3 heterocycles. The van der Waals surface area contributed by atoms with Crippen LogP contribution in [-0.2, 0) is 0 Å². The molecule has 0 saturated carbocycles. The highest BCUT2D eigenvalue weighted by Crippen LogP contribution is 2.30. The third kappa shape index (κ3) is 5.20. The van der Waals surface area contributed by atoms with Gasteiger partial charge in [0.2, 0.25) is 0 Å². The maximum Gasteiger partial charge on any atom is 0.268 e. The third-order valence-electron chi connectivity index (χ3n) is 6.05. The first-order chi connectivity index (χ1) is 18.4. The van der Waals surface area contributed by atoms with Gasteiger partial charge >= 0.3 is 0 Å². The van der Waals surface area contributed by atoms with E-state index < -0.39 is 0 Å². The molecule has 5 aromatic rings. The van der Waals surface area contributed by atoms with E-state index >= 15 is 0 Å². The first kappa shape index (κ1) is 25.7. The summed E-state index contributed by atoms with van der Waals surface area (Å²) in [6, 6.07) is 21.1. The van der Waals surface area contributed by atoms with Gasteiger partial charge in [-0.2, -0.15) is 4.40 Å². The molecule has 0 atom stereocenters. The van der Waals surface area contributed by atoms with E-state index in [1.54, 1.807) is 18.6 Å². The zero-order chi connectivity index (χ0) is 26.8. The molecule has 38 heavy (non-hydrogen) atoms. The lowest BCUT2D eigenvalue weighted by molar-refractivity contribution is -0.586. The molecular weight excluding hydrogens is 518 g/mol. The van der Waals surface area contributed by atoms with Gasteiger partial charge in [0.05, 0.1) is 25.7 Å². The number of carbonyl (C=O) groups is 1. The maximum atomic E-state index is 13.2. The van der Waals surface area contributed by atoms with Gasteiger partial charge in [0.1, 0.15) is 16.4 Å².